The number of fused-ring (bicyclic) bond motifs is 1. The summed E-state index contributed by atoms with van der Waals surface area (Å²) in [5.74, 6) is 0.820. The van der Waals surface area contributed by atoms with E-state index in [2.05, 4.69) is 19.9 Å². The Morgan fingerprint density at radius 2 is 1.78 bits per heavy atom. The van der Waals surface area contributed by atoms with Crippen molar-refractivity contribution in [2.75, 3.05) is 11.9 Å². The van der Waals surface area contributed by atoms with Crippen molar-refractivity contribution < 1.29 is 0 Å². The fourth-order valence-electron chi connectivity index (χ4n) is 1.87. The highest BCUT2D eigenvalue weighted by Gasteiger charge is 1.98. The van der Waals surface area contributed by atoms with E-state index in [4.69, 9.17) is 0 Å². The van der Waals surface area contributed by atoms with Crippen LogP contribution < -0.4 is 5.32 Å². The number of hydrogen-bond acceptors (Lipinski definition) is 3. The second-order valence-corrected chi connectivity index (χ2v) is 4.09. The van der Waals surface area contributed by atoms with Gasteiger partial charge in [0.1, 0.15) is 5.82 Å². The first-order valence-corrected chi connectivity index (χ1v) is 5.98. The van der Waals surface area contributed by atoms with Gasteiger partial charge in [-0.15, -0.1) is 0 Å². The number of hydrogen-bond donors (Lipinski definition) is 1. The summed E-state index contributed by atoms with van der Waals surface area (Å²) in [7, 11) is 0. The lowest BCUT2D eigenvalue weighted by molar-refractivity contribution is 0.731. The second kappa shape index (κ2) is 4.87. The van der Waals surface area contributed by atoms with Crippen LogP contribution in [0.1, 0.15) is 0 Å². The normalized spacial score (nSPS) is 10.7. The number of anilines is 1. The first-order chi connectivity index (χ1) is 8.92. The van der Waals surface area contributed by atoms with Crippen LogP contribution in [0.25, 0.3) is 11.0 Å². The summed E-state index contributed by atoms with van der Waals surface area (Å²) >= 11 is 0. The molecule has 4 heteroatoms. The molecular formula is C14H14N4. The lowest BCUT2D eigenvalue weighted by atomic mass is 10.3. The third-order valence-electron chi connectivity index (χ3n) is 2.79. The Hall–Kier alpha value is -2.36. The van der Waals surface area contributed by atoms with E-state index in [0.29, 0.717) is 0 Å². The standard InChI is InChI=1S/C14H14N4/c1-2-6-13-12(5-1)16-11-14(17-13)15-7-10-18-8-3-4-9-18/h1-6,8-9,11H,7,10H2,(H,15,17). The van der Waals surface area contributed by atoms with E-state index in [9.17, 15) is 0 Å². The maximum Gasteiger partial charge on any atom is 0.145 e. The predicted octanol–water partition coefficient (Wildman–Crippen LogP) is 2.54. The van der Waals surface area contributed by atoms with Crippen LogP contribution in [-0.2, 0) is 6.54 Å². The largest absolute Gasteiger partial charge is 0.367 e. The van der Waals surface area contributed by atoms with E-state index in [0.717, 1.165) is 29.9 Å². The molecule has 0 atom stereocenters. The monoisotopic (exact) mass is 238 g/mol. The molecule has 0 fully saturated rings. The van der Waals surface area contributed by atoms with Crippen molar-refractivity contribution in [2.24, 2.45) is 0 Å². The molecule has 3 aromatic rings. The molecule has 4 nitrogen and oxygen atoms in total. The number of para-hydroxylation sites is 2. The lowest BCUT2D eigenvalue weighted by Crippen LogP contribution is -2.10. The van der Waals surface area contributed by atoms with Gasteiger partial charge in [0.15, 0.2) is 0 Å². The Morgan fingerprint density at radius 3 is 2.61 bits per heavy atom. The van der Waals surface area contributed by atoms with Crippen molar-refractivity contribution in [1.29, 1.82) is 0 Å². The highest BCUT2D eigenvalue weighted by atomic mass is 15.0. The molecule has 0 radical (unpaired) electrons. The summed E-state index contributed by atoms with van der Waals surface area (Å²) in [5.41, 5.74) is 1.84. The van der Waals surface area contributed by atoms with Gasteiger partial charge in [-0.25, -0.2) is 4.98 Å². The molecule has 1 N–H and O–H groups in total. The first-order valence-electron chi connectivity index (χ1n) is 5.98. The first kappa shape index (κ1) is 10.8. The average molecular weight is 238 g/mol. The lowest BCUT2D eigenvalue weighted by Gasteiger charge is -2.06. The molecule has 0 spiro atoms. The Balaban J connectivity index is 1.67. The van der Waals surface area contributed by atoms with Crippen LogP contribution in [0.3, 0.4) is 0 Å². The van der Waals surface area contributed by atoms with E-state index in [1.807, 2.05) is 48.8 Å². The van der Waals surface area contributed by atoms with Gasteiger partial charge in [0.25, 0.3) is 0 Å². The molecule has 0 unspecified atom stereocenters. The topological polar surface area (TPSA) is 42.7 Å². The molecule has 0 saturated heterocycles. The molecule has 1 aromatic carbocycles. The number of aromatic nitrogens is 3. The van der Waals surface area contributed by atoms with Crippen LogP contribution in [0.2, 0.25) is 0 Å². The van der Waals surface area contributed by atoms with E-state index >= 15 is 0 Å². The smallest absolute Gasteiger partial charge is 0.145 e. The van der Waals surface area contributed by atoms with Crippen molar-refractivity contribution in [3.05, 3.63) is 55.0 Å². The van der Waals surface area contributed by atoms with E-state index in [1.54, 1.807) is 6.20 Å². The molecule has 3 rings (SSSR count). The summed E-state index contributed by atoms with van der Waals surface area (Å²) in [4.78, 5) is 8.88. The molecule has 2 heterocycles. The van der Waals surface area contributed by atoms with E-state index < -0.39 is 0 Å². The molecule has 18 heavy (non-hydrogen) atoms. The molecule has 90 valence electrons. The summed E-state index contributed by atoms with van der Waals surface area (Å²) < 4.78 is 2.13. The summed E-state index contributed by atoms with van der Waals surface area (Å²) in [5, 5.41) is 3.28. The molecule has 2 aromatic heterocycles. The average Bonchev–Trinajstić information content (AvgIpc) is 2.92. The minimum absolute atomic E-state index is 0.820. The van der Waals surface area contributed by atoms with Crippen molar-refractivity contribution in [1.82, 2.24) is 14.5 Å². The number of nitrogens with one attached hydrogen (secondary N) is 1. The maximum atomic E-state index is 4.51. The molecule has 0 aliphatic rings. The van der Waals surface area contributed by atoms with Gasteiger partial charge in [0.05, 0.1) is 17.2 Å². The van der Waals surface area contributed by atoms with Gasteiger partial charge in [-0.05, 0) is 24.3 Å². The Kier molecular flexibility index (Phi) is 2.92. The van der Waals surface area contributed by atoms with E-state index in [1.165, 1.54) is 0 Å². The summed E-state index contributed by atoms with van der Waals surface area (Å²) in [6.07, 6.45) is 5.87. The molecule has 0 saturated carbocycles. The third-order valence-corrected chi connectivity index (χ3v) is 2.79. The van der Waals surface area contributed by atoms with Gasteiger partial charge >= 0.3 is 0 Å². The molecule has 0 aliphatic heterocycles. The fourth-order valence-corrected chi connectivity index (χ4v) is 1.87. The zero-order valence-corrected chi connectivity index (χ0v) is 9.95. The summed E-state index contributed by atoms with van der Waals surface area (Å²) in [6, 6.07) is 11.9. The third kappa shape index (κ3) is 2.32. The van der Waals surface area contributed by atoms with E-state index in [-0.39, 0.29) is 0 Å². The predicted molar refractivity (Wildman–Crippen MR) is 72.5 cm³/mol. The van der Waals surface area contributed by atoms with Crippen LogP contribution in [0, 0.1) is 0 Å². The quantitative estimate of drug-likeness (QED) is 0.759. The van der Waals surface area contributed by atoms with Crippen LogP contribution >= 0.6 is 0 Å². The Morgan fingerprint density at radius 1 is 1.00 bits per heavy atom. The van der Waals surface area contributed by atoms with Gasteiger partial charge in [-0.1, -0.05) is 12.1 Å². The molecular weight excluding hydrogens is 224 g/mol. The minimum atomic E-state index is 0.820. The van der Waals surface area contributed by atoms with Crippen molar-refractivity contribution in [3.63, 3.8) is 0 Å². The number of rotatable bonds is 4. The SMILES string of the molecule is c1ccc2nc(NCCn3cccc3)cnc2c1. The maximum absolute atomic E-state index is 4.51. The van der Waals surface area contributed by atoms with Gasteiger partial charge in [0.2, 0.25) is 0 Å². The zero-order valence-electron chi connectivity index (χ0n) is 9.95. The minimum Gasteiger partial charge on any atom is -0.367 e. The highest BCUT2D eigenvalue weighted by molar-refractivity contribution is 5.75. The van der Waals surface area contributed by atoms with Crippen LogP contribution in [-0.4, -0.2) is 21.1 Å². The number of nitrogens with zero attached hydrogens (tertiary/aromatic N) is 3. The van der Waals surface area contributed by atoms with Crippen LogP contribution in [0.15, 0.2) is 55.0 Å². The van der Waals surface area contributed by atoms with Gasteiger partial charge in [-0.3, -0.25) is 4.98 Å². The van der Waals surface area contributed by atoms with Gasteiger partial charge in [-0.2, -0.15) is 0 Å². The van der Waals surface area contributed by atoms with Crippen LogP contribution in [0.4, 0.5) is 5.82 Å². The van der Waals surface area contributed by atoms with Crippen molar-refractivity contribution in [3.8, 4) is 0 Å². The fraction of sp³-hybridized carbons (Fsp3) is 0.143. The van der Waals surface area contributed by atoms with Crippen molar-refractivity contribution >= 4 is 16.9 Å². The van der Waals surface area contributed by atoms with Crippen LogP contribution in [0.5, 0.6) is 0 Å². The number of benzene rings is 1. The Bertz CT molecular complexity index is 631. The summed E-state index contributed by atoms with van der Waals surface area (Å²) in [6.45, 7) is 1.75. The van der Waals surface area contributed by atoms with Gasteiger partial charge in [0, 0.05) is 25.5 Å². The van der Waals surface area contributed by atoms with Gasteiger partial charge < -0.3 is 9.88 Å². The van der Waals surface area contributed by atoms with Crippen molar-refractivity contribution in [2.45, 2.75) is 6.54 Å². The molecule has 0 amide bonds. The Labute approximate surface area is 105 Å². The second-order valence-electron chi connectivity index (χ2n) is 4.09. The highest BCUT2D eigenvalue weighted by Crippen LogP contribution is 2.10. The molecule has 0 aliphatic carbocycles. The molecule has 0 bridgehead atoms. The zero-order chi connectivity index (χ0) is 12.2.